The first kappa shape index (κ1) is 20.3. The number of aromatic hydroxyl groups is 1. The minimum atomic E-state index is 0.168. The third-order valence-corrected chi connectivity index (χ3v) is 4.92. The molecule has 0 aliphatic rings. The van der Waals surface area contributed by atoms with Crippen LogP contribution >= 0.6 is 11.8 Å². The molecule has 148 valence electrons. The third-order valence-electron chi connectivity index (χ3n) is 4.38. The van der Waals surface area contributed by atoms with E-state index in [1.54, 1.807) is 55.5 Å². The number of hydrogen-bond donors (Lipinski definition) is 1. The summed E-state index contributed by atoms with van der Waals surface area (Å²) >= 11 is 1.39. The van der Waals surface area contributed by atoms with E-state index in [2.05, 4.69) is 16.0 Å². The SMILES string of the molecule is COc1ccc(-c2nc(SC)nc(N(C)c3ccc(O)cc3)c2C#N)cc1OC. The van der Waals surface area contributed by atoms with Crippen LogP contribution in [0.2, 0.25) is 0 Å². The molecule has 0 spiro atoms. The molecule has 1 aromatic heterocycles. The predicted octanol–water partition coefficient (Wildman–Crippen LogP) is 4.23. The first-order valence-electron chi connectivity index (χ1n) is 8.63. The maximum absolute atomic E-state index is 9.93. The van der Waals surface area contributed by atoms with Crippen LogP contribution in [0, 0.1) is 11.3 Å². The van der Waals surface area contributed by atoms with Gasteiger partial charge in [-0.1, -0.05) is 11.8 Å². The highest BCUT2D eigenvalue weighted by atomic mass is 32.2. The van der Waals surface area contributed by atoms with E-state index in [9.17, 15) is 10.4 Å². The van der Waals surface area contributed by atoms with Crippen molar-refractivity contribution in [3.8, 4) is 34.6 Å². The molecule has 0 radical (unpaired) electrons. The van der Waals surface area contributed by atoms with Gasteiger partial charge in [0.15, 0.2) is 22.5 Å². The van der Waals surface area contributed by atoms with Crippen molar-refractivity contribution in [1.29, 1.82) is 5.26 Å². The highest BCUT2D eigenvalue weighted by molar-refractivity contribution is 7.98. The molecule has 3 rings (SSSR count). The van der Waals surface area contributed by atoms with Gasteiger partial charge in [0, 0.05) is 18.3 Å². The molecule has 3 aromatic rings. The summed E-state index contributed by atoms with van der Waals surface area (Å²) in [5, 5.41) is 20.0. The molecule has 0 aliphatic heterocycles. The van der Waals surface area contributed by atoms with Gasteiger partial charge < -0.3 is 19.5 Å². The third kappa shape index (κ3) is 4.05. The maximum atomic E-state index is 9.93. The number of anilines is 2. The number of thioether (sulfide) groups is 1. The van der Waals surface area contributed by atoms with Gasteiger partial charge in [0.05, 0.1) is 19.9 Å². The second kappa shape index (κ2) is 8.71. The Morgan fingerprint density at radius 2 is 1.72 bits per heavy atom. The molecule has 0 amide bonds. The van der Waals surface area contributed by atoms with E-state index in [1.165, 1.54) is 11.8 Å². The Bertz CT molecular complexity index is 1060. The number of methoxy groups -OCH3 is 2. The number of aromatic nitrogens is 2. The van der Waals surface area contributed by atoms with E-state index in [1.807, 2.05) is 19.4 Å². The Hall–Kier alpha value is -3.44. The summed E-state index contributed by atoms with van der Waals surface area (Å²) < 4.78 is 10.7. The number of phenolic OH excluding ortho intramolecular Hbond substituents is 1. The second-order valence-electron chi connectivity index (χ2n) is 6.01. The van der Waals surface area contributed by atoms with Crippen molar-refractivity contribution >= 4 is 23.3 Å². The molecular formula is C21H20N4O3S. The number of nitriles is 1. The molecule has 1 heterocycles. The van der Waals surface area contributed by atoms with Gasteiger partial charge in [-0.05, 0) is 48.7 Å². The number of hydrogen-bond acceptors (Lipinski definition) is 8. The monoisotopic (exact) mass is 408 g/mol. The summed E-state index contributed by atoms with van der Waals surface area (Å²) in [6.07, 6.45) is 1.88. The van der Waals surface area contributed by atoms with Crippen LogP contribution < -0.4 is 14.4 Å². The molecule has 0 unspecified atom stereocenters. The average Bonchev–Trinajstić information content (AvgIpc) is 2.77. The molecule has 0 saturated carbocycles. The summed E-state index contributed by atoms with van der Waals surface area (Å²) in [4.78, 5) is 10.9. The fourth-order valence-electron chi connectivity index (χ4n) is 2.86. The molecule has 29 heavy (non-hydrogen) atoms. The normalized spacial score (nSPS) is 10.3. The highest BCUT2D eigenvalue weighted by Gasteiger charge is 2.20. The van der Waals surface area contributed by atoms with Gasteiger partial charge in [0.1, 0.15) is 17.4 Å². The molecule has 1 N–H and O–H groups in total. The van der Waals surface area contributed by atoms with Gasteiger partial charge in [-0.15, -0.1) is 0 Å². The molecule has 0 fully saturated rings. The van der Waals surface area contributed by atoms with Crippen molar-refractivity contribution in [3.63, 3.8) is 0 Å². The van der Waals surface area contributed by atoms with Crippen LogP contribution in [-0.4, -0.2) is 42.6 Å². The van der Waals surface area contributed by atoms with Crippen LogP contribution in [0.15, 0.2) is 47.6 Å². The molecule has 0 saturated heterocycles. The van der Waals surface area contributed by atoms with Crippen LogP contribution in [0.25, 0.3) is 11.3 Å². The lowest BCUT2D eigenvalue weighted by Crippen LogP contribution is -2.15. The van der Waals surface area contributed by atoms with Gasteiger partial charge in [0.2, 0.25) is 0 Å². The Morgan fingerprint density at radius 1 is 1.03 bits per heavy atom. The van der Waals surface area contributed by atoms with Crippen molar-refractivity contribution in [2.75, 3.05) is 32.4 Å². The van der Waals surface area contributed by atoms with E-state index >= 15 is 0 Å². The van der Waals surface area contributed by atoms with E-state index in [-0.39, 0.29) is 5.75 Å². The van der Waals surface area contributed by atoms with Crippen molar-refractivity contribution < 1.29 is 14.6 Å². The van der Waals surface area contributed by atoms with Crippen LogP contribution in [0.3, 0.4) is 0 Å². The first-order valence-corrected chi connectivity index (χ1v) is 9.86. The average molecular weight is 408 g/mol. The minimum absolute atomic E-state index is 0.168. The number of phenols is 1. The summed E-state index contributed by atoms with van der Waals surface area (Å²) in [6, 6.07) is 14.3. The van der Waals surface area contributed by atoms with E-state index in [0.29, 0.717) is 33.7 Å². The fourth-order valence-corrected chi connectivity index (χ4v) is 3.22. The van der Waals surface area contributed by atoms with Crippen molar-refractivity contribution in [2.24, 2.45) is 0 Å². The van der Waals surface area contributed by atoms with E-state index in [4.69, 9.17) is 9.47 Å². The van der Waals surface area contributed by atoms with Gasteiger partial charge >= 0.3 is 0 Å². The maximum Gasteiger partial charge on any atom is 0.189 e. The van der Waals surface area contributed by atoms with Gasteiger partial charge in [0.25, 0.3) is 0 Å². The largest absolute Gasteiger partial charge is 0.508 e. The lowest BCUT2D eigenvalue weighted by atomic mass is 10.1. The topological polar surface area (TPSA) is 91.5 Å². The molecule has 8 heteroatoms. The standard InChI is InChI=1S/C21H20N4O3S/c1-25(14-6-8-15(26)9-7-14)20-16(12-22)19(23-21(24-20)29-4)13-5-10-17(27-2)18(11-13)28-3/h5-11,26H,1-4H3. The Morgan fingerprint density at radius 3 is 2.31 bits per heavy atom. The van der Waals surface area contributed by atoms with Crippen LogP contribution in [0.4, 0.5) is 11.5 Å². The van der Waals surface area contributed by atoms with Crippen LogP contribution in [-0.2, 0) is 0 Å². The molecule has 0 aliphatic carbocycles. The number of benzene rings is 2. The molecule has 0 atom stereocenters. The van der Waals surface area contributed by atoms with Crippen molar-refractivity contribution in [1.82, 2.24) is 9.97 Å². The molecule has 0 bridgehead atoms. The quantitative estimate of drug-likeness (QED) is 0.479. The zero-order valence-electron chi connectivity index (χ0n) is 16.5. The fraction of sp³-hybridized carbons (Fsp3) is 0.190. The van der Waals surface area contributed by atoms with Gasteiger partial charge in [-0.25, -0.2) is 9.97 Å². The Labute approximate surface area is 173 Å². The Balaban J connectivity index is 2.20. The number of rotatable bonds is 6. The van der Waals surface area contributed by atoms with Crippen molar-refractivity contribution in [3.05, 3.63) is 48.0 Å². The minimum Gasteiger partial charge on any atom is -0.508 e. The molecule has 2 aromatic carbocycles. The van der Waals surface area contributed by atoms with Crippen molar-refractivity contribution in [2.45, 2.75) is 5.16 Å². The zero-order valence-corrected chi connectivity index (χ0v) is 17.3. The molecular weight excluding hydrogens is 388 g/mol. The lowest BCUT2D eigenvalue weighted by Gasteiger charge is -2.21. The first-order chi connectivity index (χ1) is 14.0. The summed E-state index contributed by atoms with van der Waals surface area (Å²) in [5.41, 5.74) is 2.35. The summed E-state index contributed by atoms with van der Waals surface area (Å²) in [6.45, 7) is 0. The second-order valence-corrected chi connectivity index (χ2v) is 6.79. The molecule has 7 nitrogen and oxygen atoms in total. The summed E-state index contributed by atoms with van der Waals surface area (Å²) in [5.74, 6) is 1.78. The van der Waals surface area contributed by atoms with E-state index in [0.717, 1.165) is 11.3 Å². The zero-order chi connectivity index (χ0) is 21.0. The lowest BCUT2D eigenvalue weighted by molar-refractivity contribution is 0.355. The summed E-state index contributed by atoms with van der Waals surface area (Å²) in [7, 11) is 4.95. The highest BCUT2D eigenvalue weighted by Crippen LogP contribution is 2.37. The van der Waals surface area contributed by atoms with Gasteiger partial charge in [-0.2, -0.15) is 5.26 Å². The number of nitrogens with zero attached hydrogens (tertiary/aromatic N) is 4. The smallest absolute Gasteiger partial charge is 0.189 e. The Kier molecular flexibility index (Phi) is 6.10. The van der Waals surface area contributed by atoms with Gasteiger partial charge in [-0.3, -0.25) is 0 Å². The predicted molar refractivity (Wildman–Crippen MR) is 113 cm³/mol. The van der Waals surface area contributed by atoms with Crippen LogP contribution in [0.1, 0.15) is 5.56 Å². The number of ether oxygens (including phenoxy) is 2. The van der Waals surface area contributed by atoms with E-state index < -0.39 is 0 Å². The van der Waals surface area contributed by atoms with Crippen LogP contribution in [0.5, 0.6) is 17.2 Å².